The van der Waals surface area contributed by atoms with E-state index < -0.39 is 0 Å². The van der Waals surface area contributed by atoms with Crippen LogP contribution in [0.15, 0.2) is 0 Å². The molecule has 1 aromatic rings. The summed E-state index contributed by atoms with van der Waals surface area (Å²) in [6.45, 7) is 6.67. The second-order valence-corrected chi connectivity index (χ2v) is 6.79. The Labute approximate surface area is 124 Å². The van der Waals surface area contributed by atoms with Gasteiger partial charge in [0, 0.05) is 24.4 Å². The molecule has 1 aliphatic heterocycles. The van der Waals surface area contributed by atoms with Gasteiger partial charge in [0.2, 0.25) is 0 Å². The van der Waals surface area contributed by atoms with Crippen molar-refractivity contribution in [2.24, 2.45) is 11.7 Å². The molecular formula is C14H24N4OS. The molecule has 2 heterocycles. The SMILES string of the molecule is Cc1sc(CCN)nc1C(=O)N(C)C1CCNCC1C. The van der Waals surface area contributed by atoms with Crippen LogP contribution >= 0.6 is 11.3 Å². The number of carbonyl (C=O) groups excluding carboxylic acids is 1. The topological polar surface area (TPSA) is 71.2 Å². The van der Waals surface area contributed by atoms with Gasteiger partial charge in [0.25, 0.3) is 5.91 Å². The number of rotatable bonds is 4. The molecule has 1 saturated heterocycles. The standard InChI is InChI=1S/C14H24N4OS/c1-9-8-16-7-5-11(9)18(3)14(19)13-10(2)20-12(17-13)4-6-15/h9,11,16H,4-8,15H2,1-3H3. The Morgan fingerprint density at radius 3 is 3.00 bits per heavy atom. The summed E-state index contributed by atoms with van der Waals surface area (Å²) in [7, 11) is 1.90. The molecule has 2 rings (SSSR count). The first kappa shape index (κ1) is 15.4. The van der Waals surface area contributed by atoms with E-state index in [-0.39, 0.29) is 5.91 Å². The molecule has 0 aliphatic carbocycles. The fraction of sp³-hybridized carbons (Fsp3) is 0.714. The van der Waals surface area contributed by atoms with Gasteiger partial charge >= 0.3 is 0 Å². The summed E-state index contributed by atoms with van der Waals surface area (Å²) in [5.41, 5.74) is 6.16. The van der Waals surface area contributed by atoms with Crippen molar-refractivity contribution in [3.05, 3.63) is 15.6 Å². The molecule has 3 N–H and O–H groups in total. The minimum atomic E-state index is 0.0424. The lowest BCUT2D eigenvalue weighted by atomic mass is 9.94. The Morgan fingerprint density at radius 2 is 2.35 bits per heavy atom. The summed E-state index contributed by atoms with van der Waals surface area (Å²) in [6.07, 6.45) is 1.74. The third-order valence-electron chi connectivity index (χ3n) is 3.96. The van der Waals surface area contributed by atoms with Crippen molar-refractivity contribution in [3.63, 3.8) is 0 Å². The van der Waals surface area contributed by atoms with Crippen LogP contribution in [0.1, 0.15) is 33.7 Å². The van der Waals surface area contributed by atoms with Crippen molar-refractivity contribution in [2.45, 2.75) is 32.7 Å². The molecule has 112 valence electrons. The van der Waals surface area contributed by atoms with Crippen molar-refractivity contribution in [2.75, 3.05) is 26.7 Å². The zero-order chi connectivity index (χ0) is 14.7. The van der Waals surface area contributed by atoms with Crippen molar-refractivity contribution in [3.8, 4) is 0 Å². The van der Waals surface area contributed by atoms with Crippen LogP contribution in [0.3, 0.4) is 0 Å². The van der Waals surface area contributed by atoms with Crippen LogP contribution in [0, 0.1) is 12.8 Å². The highest BCUT2D eigenvalue weighted by molar-refractivity contribution is 7.11. The monoisotopic (exact) mass is 296 g/mol. The molecule has 0 bridgehead atoms. The van der Waals surface area contributed by atoms with Crippen LogP contribution < -0.4 is 11.1 Å². The Morgan fingerprint density at radius 1 is 1.60 bits per heavy atom. The van der Waals surface area contributed by atoms with E-state index in [2.05, 4.69) is 17.2 Å². The maximum atomic E-state index is 12.6. The zero-order valence-corrected chi connectivity index (χ0v) is 13.3. The summed E-state index contributed by atoms with van der Waals surface area (Å²) in [5.74, 6) is 0.515. The van der Waals surface area contributed by atoms with Crippen molar-refractivity contribution in [1.29, 1.82) is 0 Å². The largest absolute Gasteiger partial charge is 0.337 e. The van der Waals surface area contributed by atoms with Crippen LogP contribution in [0.4, 0.5) is 0 Å². The fourth-order valence-corrected chi connectivity index (χ4v) is 3.71. The van der Waals surface area contributed by atoms with E-state index in [1.165, 1.54) is 0 Å². The van der Waals surface area contributed by atoms with Gasteiger partial charge in [-0.15, -0.1) is 11.3 Å². The van der Waals surface area contributed by atoms with Crippen molar-refractivity contribution < 1.29 is 4.79 Å². The van der Waals surface area contributed by atoms with E-state index in [9.17, 15) is 4.79 Å². The summed E-state index contributed by atoms with van der Waals surface area (Å²) in [6, 6.07) is 0.294. The number of amides is 1. The third kappa shape index (κ3) is 3.19. The molecule has 1 fully saturated rings. The number of nitrogens with one attached hydrogen (secondary N) is 1. The summed E-state index contributed by atoms with van der Waals surface area (Å²) >= 11 is 1.58. The predicted octanol–water partition coefficient (Wildman–Crippen LogP) is 1.02. The summed E-state index contributed by atoms with van der Waals surface area (Å²) in [4.78, 5) is 20.0. The molecule has 6 heteroatoms. The Bertz CT molecular complexity index is 474. The number of nitrogens with two attached hydrogens (primary N) is 1. The van der Waals surface area contributed by atoms with E-state index in [1.54, 1.807) is 11.3 Å². The number of carbonyl (C=O) groups is 1. The molecular weight excluding hydrogens is 272 g/mol. The molecule has 1 aromatic heterocycles. The fourth-order valence-electron chi connectivity index (χ4n) is 2.77. The number of piperidine rings is 1. The number of aromatic nitrogens is 1. The number of aryl methyl sites for hydroxylation is 1. The molecule has 0 aromatic carbocycles. The highest BCUT2D eigenvalue weighted by Gasteiger charge is 2.30. The molecule has 20 heavy (non-hydrogen) atoms. The molecule has 2 unspecified atom stereocenters. The average molecular weight is 296 g/mol. The number of nitrogens with zero attached hydrogens (tertiary/aromatic N) is 2. The highest BCUT2D eigenvalue weighted by atomic mass is 32.1. The van der Waals surface area contributed by atoms with Gasteiger partial charge in [-0.05, 0) is 38.9 Å². The predicted molar refractivity (Wildman–Crippen MR) is 82.1 cm³/mol. The first-order valence-electron chi connectivity index (χ1n) is 7.18. The highest BCUT2D eigenvalue weighted by Crippen LogP contribution is 2.23. The molecule has 1 aliphatic rings. The molecule has 0 spiro atoms. The first-order chi connectivity index (χ1) is 9.54. The normalized spacial score (nSPS) is 22.8. The van der Waals surface area contributed by atoms with Crippen molar-refractivity contribution in [1.82, 2.24) is 15.2 Å². The van der Waals surface area contributed by atoms with Gasteiger partial charge in [0.15, 0.2) is 0 Å². The van der Waals surface area contributed by atoms with Crippen LogP contribution in [-0.2, 0) is 6.42 Å². The minimum absolute atomic E-state index is 0.0424. The number of thiazole rings is 1. The lowest BCUT2D eigenvalue weighted by molar-refractivity contribution is 0.0638. The van der Waals surface area contributed by atoms with Gasteiger partial charge in [0.1, 0.15) is 5.69 Å². The van der Waals surface area contributed by atoms with Crippen LogP contribution in [0.25, 0.3) is 0 Å². The summed E-state index contributed by atoms with van der Waals surface area (Å²) < 4.78 is 0. The second-order valence-electron chi connectivity index (χ2n) is 5.50. The number of hydrogen-bond acceptors (Lipinski definition) is 5. The summed E-state index contributed by atoms with van der Waals surface area (Å²) in [5, 5.41) is 4.32. The van der Waals surface area contributed by atoms with E-state index in [0.29, 0.717) is 24.2 Å². The third-order valence-corrected chi connectivity index (χ3v) is 4.99. The Hall–Kier alpha value is -0.980. The van der Waals surface area contributed by atoms with E-state index in [1.807, 2.05) is 18.9 Å². The second kappa shape index (κ2) is 6.65. The van der Waals surface area contributed by atoms with E-state index in [0.717, 1.165) is 35.8 Å². The van der Waals surface area contributed by atoms with E-state index >= 15 is 0 Å². The van der Waals surface area contributed by atoms with Crippen LogP contribution in [-0.4, -0.2) is 48.5 Å². The maximum Gasteiger partial charge on any atom is 0.273 e. The van der Waals surface area contributed by atoms with Gasteiger partial charge in [-0.3, -0.25) is 4.79 Å². The number of hydrogen-bond donors (Lipinski definition) is 2. The van der Waals surface area contributed by atoms with Gasteiger partial charge in [0.05, 0.1) is 5.01 Å². The Balaban J connectivity index is 2.13. The quantitative estimate of drug-likeness (QED) is 0.870. The van der Waals surface area contributed by atoms with Gasteiger partial charge in [-0.25, -0.2) is 4.98 Å². The average Bonchev–Trinajstić information content (AvgIpc) is 2.79. The zero-order valence-electron chi connectivity index (χ0n) is 12.5. The van der Waals surface area contributed by atoms with Gasteiger partial charge in [-0.2, -0.15) is 0 Å². The molecule has 0 radical (unpaired) electrons. The molecule has 0 saturated carbocycles. The smallest absolute Gasteiger partial charge is 0.273 e. The Kier molecular flexibility index (Phi) is 5.12. The first-order valence-corrected chi connectivity index (χ1v) is 8.00. The maximum absolute atomic E-state index is 12.6. The van der Waals surface area contributed by atoms with Crippen molar-refractivity contribution >= 4 is 17.2 Å². The lowest BCUT2D eigenvalue weighted by Gasteiger charge is -2.36. The van der Waals surface area contributed by atoms with Gasteiger partial charge < -0.3 is 16.0 Å². The molecule has 5 nitrogen and oxygen atoms in total. The lowest BCUT2D eigenvalue weighted by Crippen LogP contribution is -2.49. The van der Waals surface area contributed by atoms with Gasteiger partial charge in [-0.1, -0.05) is 6.92 Å². The molecule has 1 amide bonds. The van der Waals surface area contributed by atoms with Crippen LogP contribution in [0.5, 0.6) is 0 Å². The molecule has 2 atom stereocenters. The minimum Gasteiger partial charge on any atom is -0.337 e. The van der Waals surface area contributed by atoms with Crippen LogP contribution in [0.2, 0.25) is 0 Å². The van der Waals surface area contributed by atoms with E-state index in [4.69, 9.17) is 5.73 Å².